The largest absolute Gasteiger partial charge is 0.370 e. The Kier molecular flexibility index (Phi) is 1.63. The van der Waals surface area contributed by atoms with Crippen LogP contribution in [0.25, 0.3) is 0 Å². The van der Waals surface area contributed by atoms with Gasteiger partial charge >= 0.3 is 0 Å². The molecule has 0 saturated carbocycles. The standard InChI is InChI=1S/C8H16N2/c1-7-9-5-6-10(7)8(2,3)4/h9H,1,5-6H2,2-4H3. The Morgan fingerprint density at radius 3 is 2.30 bits per heavy atom. The van der Waals surface area contributed by atoms with Gasteiger partial charge in [0.25, 0.3) is 0 Å². The highest BCUT2D eigenvalue weighted by Gasteiger charge is 2.25. The quantitative estimate of drug-likeness (QED) is 0.543. The molecule has 1 fully saturated rings. The summed E-state index contributed by atoms with van der Waals surface area (Å²) in [6.07, 6.45) is 0. The van der Waals surface area contributed by atoms with E-state index >= 15 is 0 Å². The average molecular weight is 140 g/mol. The van der Waals surface area contributed by atoms with Gasteiger partial charge in [-0.25, -0.2) is 0 Å². The first-order valence-corrected chi connectivity index (χ1v) is 3.72. The maximum absolute atomic E-state index is 3.92. The summed E-state index contributed by atoms with van der Waals surface area (Å²) >= 11 is 0. The lowest BCUT2D eigenvalue weighted by molar-refractivity contribution is 0.214. The van der Waals surface area contributed by atoms with Crippen LogP contribution in [0.15, 0.2) is 12.4 Å². The minimum absolute atomic E-state index is 0.223. The smallest absolute Gasteiger partial charge is 0.0944 e. The normalized spacial score (nSPS) is 19.5. The fourth-order valence-electron chi connectivity index (χ4n) is 1.28. The summed E-state index contributed by atoms with van der Waals surface area (Å²) in [4.78, 5) is 2.28. The van der Waals surface area contributed by atoms with E-state index in [1.165, 1.54) is 0 Å². The second kappa shape index (κ2) is 2.19. The Hall–Kier alpha value is -0.660. The summed E-state index contributed by atoms with van der Waals surface area (Å²) in [5, 5.41) is 3.21. The minimum atomic E-state index is 0.223. The van der Waals surface area contributed by atoms with Crippen LogP contribution >= 0.6 is 0 Å². The zero-order valence-electron chi connectivity index (χ0n) is 7.07. The third-order valence-corrected chi connectivity index (χ3v) is 1.80. The monoisotopic (exact) mass is 140 g/mol. The van der Waals surface area contributed by atoms with Gasteiger partial charge < -0.3 is 10.2 Å². The molecule has 1 heterocycles. The Bertz CT molecular complexity index is 144. The molecule has 2 nitrogen and oxygen atoms in total. The van der Waals surface area contributed by atoms with Crippen molar-refractivity contribution in [3.8, 4) is 0 Å². The second-order valence-electron chi connectivity index (χ2n) is 3.70. The van der Waals surface area contributed by atoms with Gasteiger partial charge in [0, 0.05) is 18.6 Å². The van der Waals surface area contributed by atoms with Crippen molar-refractivity contribution >= 4 is 0 Å². The molecule has 1 rings (SSSR count). The molecule has 1 aliphatic heterocycles. The highest BCUT2D eigenvalue weighted by atomic mass is 15.3. The van der Waals surface area contributed by atoms with E-state index in [1.807, 2.05) is 0 Å². The van der Waals surface area contributed by atoms with E-state index in [1.54, 1.807) is 0 Å². The molecule has 1 N–H and O–H groups in total. The van der Waals surface area contributed by atoms with Gasteiger partial charge in [-0.2, -0.15) is 0 Å². The molecular formula is C8H16N2. The van der Waals surface area contributed by atoms with E-state index in [2.05, 4.69) is 37.6 Å². The molecular weight excluding hydrogens is 124 g/mol. The van der Waals surface area contributed by atoms with Gasteiger partial charge in [0.2, 0.25) is 0 Å². The molecule has 1 aliphatic rings. The molecule has 0 atom stereocenters. The lowest BCUT2D eigenvalue weighted by Gasteiger charge is -2.33. The molecule has 0 spiro atoms. The van der Waals surface area contributed by atoms with Gasteiger partial charge in [-0.15, -0.1) is 0 Å². The average Bonchev–Trinajstić information content (AvgIpc) is 2.11. The summed E-state index contributed by atoms with van der Waals surface area (Å²) in [5.74, 6) is 1.06. The van der Waals surface area contributed by atoms with Crippen molar-refractivity contribution in [1.82, 2.24) is 10.2 Å². The zero-order chi connectivity index (χ0) is 7.78. The van der Waals surface area contributed by atoms with Crippen LogP contribution in [0.4, 0.5) is 0 Å². The number of hydrogen-bond donors (Lipinski definition) is 1. The summed E-state index contributed by atoms with van der Waals surface area (Å²) in [6, 6.07) is 0. The first-order valence-electron chi connectivity index (χ1n) is 3.72. The van der Waals surface area contributed by atoms with E-state index in [0.717, 1.165) is 18.9 Å². The zero-order valence-corrected chi connectivity index (χ0v) is 7.07. The van der Waals surface area contributed by atoms with Crippen LogP contribution in [0.5, 0.6) is 0 Å². The van der Waals surface area contributed by atoms with Crippen molar-refractivity contribution in [3.63, 3.8) is 0 Å². The third kappa shape index (κ3) is 1.25. The predicted octanol–water partition coefficient (Wildman–Crippen LogP) is 1.16. The molecule has 0 aromatic rings. The molecule has 2 heteroatoms. The molecule has 0 unspecified atom stereocenters. The number of nitrogens with zero attached hydrogens (tertiary/aromatic N) is 1. The number of rotatable bonds is 0. The fraction of sp³-hybridized carbons (Fsp3) is 0.750. The molecule has 0 bridgehead atoms. The van der Waals surface area contributed by atoms with Gasteiger partial charge in [-0.05, 0) is 20.8 Å². The highest BCUT2D eigenvalue weighted by molar-refractivity contribution is 5.02. The lowest BCUT2D eigenvalue weighted by atomic mass is 10.1. The van der Waals surface area contributed by atoms with E-state index in [4.69, 9.17) is 0 Å². The van der Waals surface area contributed by atoms with Crippen LogP contribution in [-0.4, -0.2) is 23.5 Å². The molecule has 0 aromatic heterocycles. The summed E-state index contributed by atoms with van der Waals surface area (Å²) in [7, 11) is 0. The fourth-order valence-corrected chi connectivity index (χ4v) is 1.28. The minimum Gasteiger partial charge on any atom is -0.370 e. The van der Waals surface area contributed by atoms with Crippen molar-refractivity contribution in [2.45, 2.75) is 26.3 Å². The van der Waals surface area contributed by atoms with Crippen molar-refractivity contribution < 1.29 is 0 Å². The van der Waals surface area contributed by atoms with Crippen LogP contribution < -0.4 is 5.32 Å². The van der Waals surface area contributed by atoms with Gasteiger partial charge in [0.15, 0.2) is 0 Å². The van der Waals surface area contributed by atoms with E-state index in [9.17, 15) is 0 Å². The molecule has 0 aliphatic carbocycles. The Morgan fingerprint density at radius 1 is 1.50 bits per heavy atom. The molecule has 0 radical (unpaired) electrons. The molecule has 10 heavy (non-hydrogen) atoms. The van der Waals surface area contributed by atoms with Crippen molar-refractivity contribution in [2.24, 2.45) is 0 Å². The Morgan fingerprint density at radius 2 is 2.10 bits per heavy atom. The lowest BCUT2D eigenvalue weighted by Crippen LogP contribution is -2.38. The van der Waals surface area contributed by atoms with Crippen LogP contribution in [0.3, 0.4) is 0 Å². The van der Waals surface area contributed by atoms with Crippen LogP contribution in [0, 0.1) is 0 Å². The van der Waals surface area contributed by atoms with Crippen molar-refractivity contribution in [2.75, 3.05) is 13.1 Å². The number of nitrogens with one attached hydrogen (secondary N) is 1. The topological polar surface area (TPSA) is 15.3 Å². The van der Waals surface area contributed by atoms with Gasteiger partial charge in [-0.3, -0.25) is 0 Å². The predicted molar refractivity (Wildman–Crippen MR) is 43.6 cm³/mol. The molecule has 58 valence electrons. The third-order valence-electron chi connectivity index (χ3n) is 1.80. The van der Waals surface area contributed by atoms with Crippen LogP contribution in [0.2, 0.25) is 0 Å². The second-order valence-corrected chi connectivity index (χ2v) is 3.70. The Labute approximate surface area is 62.9 Å². The maximum atomic E-state index is 3.92. The highest BCUT2D eigenvalue weighted by Crippen LogP contribution is 2.19. The Balaban J connectivity index is 2.64. The van der Waals surface area contributed by atoms with Crippen LogP contribution in [0.1, 0.15) is 20.8 Å². The van der Waals surface area contributed by atoms with Crippen molar-refractivity contribution in [1.29, 1.82) is 0 Å². The SMILES string of the molecule is C=C1NCCN1C(C)(C)C. The molecule has 0 amide bonds. The summed E-state index contributed by atoms with van der Waals surface area (Å²) in [6.45, 7) is 12.6. The van der Waals surface area contributed by atoms with E-state index in [0.29, 0.717) is 0 Å². The van der Waals surface area contributed by atoms with Gasteiger partial charge in [0.1, 0.15) is 0 Å². The van der Waals surface area contributed by atoms with Crippen LogP contribution in [-0.2, 0) is 0 Å². The van der Waals surface area contributed by atoms with Gasteiger partial charge in [0.05, 0.1) is 5.82 Å². The van der Waals surface area contributed by atoms with E-state index < -0.39 is 0 Å². The van der Waals surface area contributed by atoms with Crippen molar-refractivity contribution in [3.05, 3.63) is 12.4 Å². The molecule has 1 saturated heterocycles. The first kappa shape index (κ1) is 7.45. The van der Waals surface area contributed by atoms with Gasteiger partial charge in [-0.1, -0.05) is 6.58 Å². The van der Waals surface area contributed by atoms with E-state index in [-0.39, 0.29) is 5.54 Å². The first-order chi connectivity index (χ1) is 4.52. The maximum Gasteiger partial charge on any atom is 0.0944 e. The summed E-state index contributed by atoms with van der Waals surface area (Å²) < 4.78 is 0. The number of hydrogen-bond acceptors (Lipinski definition) is 2. The molecule has 0 aromatic carbocycles. The summed E-state index contributed by atoms with van der Waals surface area (Å²) in [5.41, 5.74) is 0.223.